The fourth-order valence-corrected chi connectivity index (χ4v) is 2.33. The first-order valence-electron chi connectivity index (χ1n) is 8.75. The van der Waals surface area contributed by atoms with Crippen molar-refractivity contribution >= 4 is 47.9 Å². The fraction of sp³-hybridized carbons (Fsp3) is 0.529. The second-order valence-electron chi connectivity index (χ2n) is 6.08. The maximum Gasteiger partial charge on any atom is 0.253 e. The van der Waals surface area contributed by atoms with E-state index in [0.717, 1.165) is 4.90 Å². The highest BCUT2D eigenvalue weighted by atomic mass is 32.1. The first kappa shape index (κ1) is 23.3. The number of Topliss-reactive ketones (excluding diaryl/α,β-unsaturated/α-hetero) is 1. The van der Waals surface area contributed by atoms with Crippen molar-refractivity contribution in [3.05, 3.63) is 12.2 Å². The largest absolute Gasteiger partial charge is 0.354 e. The van der Waals surface area contributed by atoms with Crippen molar-refractivity contribution in [2.45, 2.75) is 38.0 Å². The van der Waals surface area contributed by atoms with E-state index in [1.165, 1.54) is 19.1 Å². The highest BCUT2D eigenvalue weighted by molar-refractivity contribution is 7.81. The Bertz CT molecular complexity index is 661. The minimum atomic E-state index is -0.902. The molecule has 0 aliphatic carbocycles. The van der Waals surface area contributed by atoms with Crippen LogP contribution >= 0.6 is 12.6 Å². The Morgan fingerprint density at radius 1 is 0.964 bits per heavy atom. The monoisotopic (exact) mass is 412 g/mol. The molecule has 0 saturated carbocycles. The molecule has 1 rings (SSSR count). The average Bonchev–Trinajstić information content (AvgIpc) is 2.95. The third-order valence-corrected chi connectivity index (χ3v) is 4.24. The summed E-state index contributed by atoms with van der Waals surface area (Å²) in [7, 11) is 0. The number of hydrogen-bond acceptors (Lipinski definition) is 7. The van der Waals surface area contributed by atoms with E-state index in [1.807, 2.05) is 0 Å². The number of unbranched alkanes of at least 4 members (excludes halogenated alkanes) is 1. The van der Waals surface area contributed by atoms with Gasteiger partial charge in [0.25, 0.3) is 11.8 Å². The van der Waals surface area contributed by atoms with Crippen LogP contribution < -0.4 is 16.0 Å². The van der Waals surface area contributed by atoms with Crippen LogP contribution in [0.3, 0.4) is 0 Å². The molecule has 11 heteroatoms. The highest BCUT2D eigenvalue weighted by Crippen LogP contribution is 2.02. The lowest BCUT2D eigenvalue weighted by atomic mass is 10.2. The summed E-state index contributed by atoms with van der Waals surface area (Å²) in [4.78, 5) is 69.5. The van der Waals surface area contributed by atoms with Gasteiger partial charge in [-0.05, 0) is 19.8 Å². The number of thiol groups is 1. The molecular weight excluding hydrogens is 388 g/mol. The zero-order chi connectivity index (χ0) is 21.1. The van der Waals surface area contributed by atoms with E-state index in [9.17, 15) is 28.8 Å². The second kappa shape index (κ2) is 11.9. The first-order chi connectivity index (χ1) is 13.2. The summed E-state index contributed by atoms with van der Waals surface area (Å²) in [5.74, 6) is -2.21. The lowest BCUT2D eigenvalue weighted by molar-refractivity contribution is -0.137. The van der Waals surface area contributed by atoms with Crippen LogP contribution in [0, 0.1) is 0 Å². The molecule has 0 radical (unpaired) electrons. The maximum absolute atomic E-state index is 11.7. The fourth-order valence-electron chi connectivity index (χ4n) is 2.19. The molecular formula is C17H24N4O6S. The van der Waals surface area contributed by atoms with Gasteiger partial charge in [0.15, 0.2) is 5.78 Å². The zero-order valence-electron chi connectivity index (χ0n) is 15.5. The van der Waals surface area contributed by atoms with Gasteiger partial charge >= 0.3 is 0 Å². The van der Waals surface area contributed by atoms with Gasteiger partial charge in [0.05, 0.1) is 6.54 Å². The smallest absolute Gasteiger partial charge is 0.253 e. The molecule has 28 heavy (non-hydrogen) atoms. The van der Waals surface area contributed by atoms with Crippen LogP contribution in [-0.2, 0) is 28.8 Å². The summed E-state index contributed by atoms with van der Waals surface area (Å²) in [6, 6.07) is 0. The Kier molecular flexibility index (Phi) is 9.93. The Hall–Kier alpha value is -2.69. The van der Waals surface area contributed by atoms with Crippen molar-refractivity contribution in [1.29, 1.82) is 0 Å². The van der Waals surface area contributed by atoms with Gasteiger partial charge in [0, 0.05) is 38.1 Å². The third-order valence-electron chi connectivity index (χ3n) is 3.74. The van der Waals surface area contributed by atoms with Crippen LogP contribution in [0.1, 0.15) is 32.6 Å². The van der Waals surface area contributed by atoms with Crippen molar-refractivity contribution in [3.8, 4) is 0 Å². The SMILES string of the molecule is CC(=O)[C@H](S)NC(=O)CNC(=O)CCCCC(=O)NCCN1C(=O)C=CC1=O. The highest BCUT2D eigenvalue weighted by Gasteiger charge is 2.22. The van der Waals surface area contributed by atoms with Crippen LogP contribution in [0.25, 0.3) is 0 Å². The number of carbonyl (C=O) groups excluding carboxylic acids is 6. The summed E-state index contributed by atoms with van der Waals surface area (Å²) in [5, 5.41) is 6.44. The third kappa shape index (κ3) is 8.80. The van der Waals surface area contributed by atoms with Crippen molar-refractivity contribution in [3.63, 3.8) is 0 Å². The van der Waals surface area contributed by atoms with Crippen LogP contribution in [0.5, 0.6) is 0 Å². The van der Waals surface area contributed by atoms with Gasteiger partial charge < -0.3 is 16.0 Å². The van der Waals surface area contributed by atoms with E-state index in [0.29, 0.717) is 12.8 Å². The standard InChI is InChI=1S/C17H24N4O6S/c1-11(22)17(28)20-14(25)10-19-13(24)5-3-2-4-12(23)18-8-9-21-15(26)6-7-16(21)27/h6-7,17,28H,2-5,8-10H2,1H3,(H,18,23)(H,19,24)(H,20,25)/t17-/m0/s1. The molecule has 1 aliphatic rings. The van der Waals surface area contributed by atoms with E-state index < -0.39 is 23.1 Å². The minimum absolute atomic E-state index is 0.109. The van der Waals surface area contributed by atoms with Crippen molar-refractivity contribution in [2.24, 2.45) is 0 Å². The molecule has 0 spiro atoms. The van der Waals surface area contributed by atoms with Crippen LogP contribution in [-0.4, -0.2) is 65.2 Å². The molecule has 0 bridgehead atoms. The average molecular weight is 412 g/mol. The summed E-state index contributed by atoms with van der Waals surface area (Å²) >= 11 is 3.88. The lowest BCUT2D eigenvalue weighted by Gasteiger charge is -2.13. The number of ketones is 1. The summed E-state index contributed by atoms with van der Waals surface area (Å²) in [6.07, 6.45) is 3.64. The lowest BCUT2D eigenvalue weighted by Crippen LogP contribution is -2.42. The number of hydrogen-bond donors (Lipinski definition) is 4. The molecule has 5 amide bonds. The molecule has 1 atom stereocenters. The first-order valence-corrected chi connectivity index (χ1v) is 9.27. The number of nitrogens with zero attached hydrogens (tertiary/aromatic N) is 1. The van der Waals surface area contributed by atoms with Gasteiger partial charge in [-0.2, -0.15) is 0 Å². The molecule has 0 fully saturated rings. The normalized spacial score (nSPS) is 14.0. The van der Waals surface area contributed by atoms with Crippen molar-refractivity contribution in [2.75, 3.05) is 19.6 Å². The van der Waals surface area contributed by atoms with E-state index in [1.54, 1.807) is 0 Å². The van der Waals surface area contributed by atoms with E-state index in [2.05, 4.69) is 28.6 Å². The number of amides is 5. The van der Waals surface area contributed by atoms with E-state index >= 15 is 0 Å². The Morgan fingerprint density at radius 2 is 1.50 bits per heavy atom. The van der Waals surface area contributed by atoms with Gasteiger partial charge in [-0.15, -0.1) is 12.6 Å². The molecule has 0 aromatic carbocycles. The molecule has 0 aromatic rings. The van der Waals surface area contributed by atoms with Crippen LogP contribution in [0.15, 0.2) is 12.2 Å². The molecule has 0 aromatic heterocycles. The molecule has 1 aliphatic heterocycles. The van der Waals surface area contributed by atoms with Crippen LogP contribution in [0.4, 0.5) is 0 Å². The van der Waals surface area contributed by atoms with Gasteiger partial charge in [-0.3, -0.25) is 33.7 Å². The predicted molar refractivity (Wildman–Crippen MR) is 102 cm³/mol. The topological polar surface area (TPSA) is 142 Å². The maximum atomic E-state index is 11.7. The Balaban J connectivity index is 2.06. The molecule has 1 heterocycles. The predicted octanol–water partition coefficient (Wildman–Crippen LogP) is -1.33. The minimum Gasteiger partial charge on any atom is -0.354 e. The second-order valence-corrected chi connectivity index (χ2v) is 6.59. The van der Waals surface area contributed by atoms with Gasteiger partial charge in [0.2, 0.25) is 17.7 Å². The van der Waals surface area contributed by atoms with E-state index in [-0.39, 0.29) is 50.1 Å². The Morgan fingerprint density at radius 3 is 2.04 bits per heavy atom. The molecule has 0 saturated heterocycles. The van der Waals surface area contributed by atoms with Crippen molar-refractivity contribution in [1.82, 2.24) is 20.9 Å². The molecule has 10 nitrogen and oxygen atoms in total. The summed E-state index contributed by atoms with van der Waals surface area (Å²) in [5.41, 5.74) is 0. The van der Waals surface area contributed by atoms with Crippen LogP contribution in [0.2, 0.25) is 0 Å². The van der Waals surface area contributed by atoms with Gasteiger partial charge in [-0.1, -0.05) is 0 Å². The van der Waals surface area contributed by atoms with E-state index in [4.69, 9.17) is 0 Å². The Labute approximate surface area is 167 Å². The number of carbonyl (C=O) groups is 6. The molecule has 154 valence electrons. The molecule has 0 unspecified atom stereocenters. The summed E-state index contributed by atoms with van der Waals surface area (Å²) < 4.78 is 0. The van der Waals surface area contributed by atoms with Crippen molar-refractivity contribution < 1.29 is 28.8 Å². The molecule has 3 N–H and O–H groups in total. The van der Waals surface area contributed by atoms with Gasteiger partial charge in [-0.25, -0.2) is 0 Å². The number of nitrogens with one attached hydrogen (secondary N) is 3. The number of rotatable bonds is 12. The summed E-state index contributed by atoms with van der Waals surface area (Å²) in [6.45, 7) is 1.30. The quantitative estimate of drug-likeness (QED) is 0.135. The zero-order valence-corrected chi connectivity index (χ0v) is 16.4. The number of imide groups is 1. The van der Waals surface area contributed by atoms with Gasteiger partial charge in [0.1, 0.15) is 5.37 Å².